The van der Waals surface area contributed by atoms with Crippen LogP contribution in [0.2, 0.25) is 0 Å². The van der Waals surface area contributed by atoms with Gasteiger partial charge in [-0.1, -0.05) is 19.3 Å². The highest BCUT2D eigenvalue weighted by molar-refractivity contribution is 5.76. The zero-order chi connectivity index (χ0) is 13.0. The van der Waals surface area contributed by atoms with Crippen LogP contribution >= 0.6 is 0 Å². The molecule has 2 aliphatic carbocycles. The standard InChI is InChI=1S/C15H28N2O/c1-12(16)7-10-15(18)17(14-8-9-14)11-13-5-3-2-4-6-13/h12-14H,2-11,16H2,1H3. The van der Waals surface area contributed by atoms with E-state index >= 15 is 0 Å². The van der Waals surface area contributed by atoms with Crippen LogP contribution in [-0.2, 0) is 4.79 Å². The summed E-state index contributed by atoms with van der Waals surface area (Å²) in [6, 6.07) is 0.706. The summed E-state index contributed by atoms with van der Waals surface area (Å²) in [5.74, 6) is 1.11. The summed E-state index contributed by atoms with van der Waals surface area (Å²) >= 11 is 0. The van der Waals surface area contributed by atoms with E-state index in [2.05, 4.69) is 4.90 Å². The number of hydrogen-bond acceptors (Lipinski definition) is 2. The minimum atomic E-state index is 0.143. The van der Waals surface area contributed by atoms with Crippen LogP contribution in [-0.4, -0.2) is 29.4 Å². The number of nitrogens with two attached hydrogens (primary N) is 1. The molecule has 2 rings (SSSR count). The van der Waals surface area contributed by atoms with E-state index in [0.717, 1.165) is 18.9 Å². The Kier molecular flexibility index (Phi) is 5.04. The number of amides is 1. The molecule has 2 saturated carbocycles. The summed E-state index contributed by atoms with van der Waals surface area (Å²) in [4.78, 5) is 14.5. The van der Waals surface area contributed by atoms with Crippen molar-refractivity contribution >= 4 is 5.91 Å². The fourth-order valence-corrected chi connectivity index (χ4v) is 2.98. The number of nitrogens with zero attached hydrogens (tertiary/aromatic N) is 1. The second-order valence-corrected chi connectivity index (χ2v) is 6.30. The maximum absolute atomic E-state index is 12.3. The van der Waals surface area contributed by atoms with E-state index in [-0.39, 0.29) is 6.04 Å². The van der Waals surface area contributed by atoms with Crippen LogP contribution in [0.4, 0.5) is 0 Å². The molecule has 0 aromatic carbocycles. The van der Waals surface area contributed by atoms with Gasteiger partial charge in [0.1, 0.15) is 0 Å². The third-order valence-corrected chi connectivity index (χ3v) is 4.30. The van der Waals surface area contributed by atoms with Gasteiger partial charge in [-0.3, -0.25) is 4.79 Å². The van der Waals surface area contributed by atoms with Crippen molar-refractivity contribution in [2.24, 2.45) is 11.7 Å². The number of rotatable bonds is 6. The normalized spacial score (nSPS) is 22.8. The van der Waals surface area contributed by atoms with E-state index in [4.69, 9.17) is 5.73 Å². The molecule has 0 aliphatic heterocycles. The summed E-state index contributed by atoms with van der Waals surface area (Å²) in [6.07, 6.45) is 10.7. The fraction of sp³-hybridized carbons (Fsp3) is 0.933. The molecule has 2 N–H and O–H groups in total. The van der Waals surface area contributed by atoms with Crippen molar-refractivity contribution in [3.8, 4) is 0 Å². The lowest BCUT2D eigenvalue weighted by Gasteiger charge is -2.30. The first-order chi connectivity index (χ1) is 8.66. The van der Waals surface area contributed by atoms with Gasteiger partial charge in [-0.05, 0) is 44.9 Å². The maximum Gasteiger partial charge on any atom is 0.222 e. The highest BCUT2D eigenvalue weighted by atomic mass is 16.2. The van der Waals surface area contributed by atoms with Gasteiger partial charge >= 0.3 is 0 Å². The average molecular weight is 252 g/mol. The number of carbonyl (C=O) groups excluding carboxylic acids is 1. The summed E-state index contributed by atoms with van der Waals surface area (Å²) in [6.45, 7) is 3.00. The highest BCUT2D eigenvalue weighted by Gasteiger charge is 2.33. The van der Waals surface area contributed by atoms with Crippen LogP contribution in [0.5, 0.6) is 0 Å². The Morgan fingerprint density at radius 3 is 2.44 bits per heavy atom. The molecule has 104 valence electrons. The van der Waals surface area contributed by atoms with Gasteiger partial charge < -0.3 is 10.6 Å². The topological polar surface area (TPSA) is 46.3 Å². The van der Waals surface area contributed by atoms with Crippen molar-refractivity contribution in [1.29, 1.82) is 0 Å². The van der Waals surface area contributed by atoms with Crippen molar-refractivity contribution in [3.05, 3.63) is 0 Å². The summed E-state index contributed by atoms with van der Waals surface area (Å²) < 4.78 is 0. The van der Waals surface area contributed by atoms with E-state index in [9.17, 15) is 4.79 Å². The monoisotopic (exact) mass is 252 g/mol. The molecule has 3 heteroatoms. The van der Waals surface area contributed by atoms with Gasteiger partial charge in [0, 0.05) is 25.0 Å². The Morgan fingerprint density at radius 2 is 1.89 bits per heavy atom. The van der Waals surface area contributed by atoms with E-state index in [1.165, 1.54) is 44.9 Å². The van der Waals surface area contributed by atoms with Crippen LogP contribution in [0.25, 0.3) is 0 Å². The minimum absolute atomic E-state index is 0.143. The summed E-state index contributed by atoms with van der Waals surface area (Å²) in [7, 11) is 0. The third kappa shape index (κ3) is 4.27. The molecule has 2 aliphatic rings. The molecule has 1 unspecified atom stereocenters. The van der Waals surface area contributed by atoms with E-state index in [1.54, 1.807) is 0 Å². The number of hydrogen-bond donors (Lipinski definition) is 1. The lowest BCUT2D eigenvalue weighted by Crippen LogP contribution is -2.38. The molecule has 0 radical (unpaired) electrons. The minimum Gasteiger partial charge on any atom is -0.339 e. The van der Waals surface area contributed by atoms with Crippen molar-refractivity contribution in [2.45, 2.75) is 76.8 Å². The first-order valence-electron chi connectivity index (χ1n) is 7.72. The van der Waals surface area contributed by atoms with Gasteiger partial charge in [0.15, 0.2) is 0 Å². The quantitative estimate of drug-likeness (QED) is 0.790. The zero-order valence-corrected chi connectivity index (χ0v) is 11.7. The molecular weight excluding hydrogens is 224 g/mol. The van der Waals surface area contributed by atoms with Gasteiger partial charge in [-0.2, -0.15) is 0 Å². The maximum atomic E-state index is 12.3. The Hall–Kier alpha value is -0.570. The first-order valence-corrected chi connectivity index (χ1v) is 7.72. The third-order valence-electron chi connectivity index (χ3n) is 4.30. The van der Waals surface area contributed by atoms with Gasteiger partial charge in [-0.25, -0.2) is 0 Å². The first kappa shape index (κ1) is 13.9. The molecule has 0 spiro atoms. The molecule has 3 nitrogen and oxygen atoms in total. The molecule has 0 heterocycles. The molecular formula is C15H28N2O. The highest BCUT2D eigenvalue weighted by Crippen LogP contribution is 2.31. The van der Waals surface area contributed by atoms with E-state index in [1.807, 2.05) is 6.92 Å². The second-order valence-electron chi connectivity index (χ2n) is 6.30. The lowest BCUT2D eigenvalue weighted by molar-refractivity contribution is -0.132. The van der Waals surface area contributed by atoms with Crippen LogP contribution in [0, 0.1) is 5.92 Å². The number of carbonyl (C=O) groups is 1. The van der Waals surface area contributed by atoms with Crippen molar-refractivity contribution in [2.75, 3.05) is 6.54 Å². The van der Waals surface area contributed by atoms with Gasteiger partial charge in [0.2, 0.25) is 5.91 Å². The molecule has 2 fully saturated rings. The summed E-state index contributed by atoms with van der Waals surface area (Å²) in [5.41, 5.74) is 5.75. The molecule has 18 heavy (non-hydrogen) atoms. The predicted octanol–water partition coefficient (Wildman–Crippen LogP) is 2.69. The van der Waals surface area contributed by atoms with Crippen LogP contribution in [0.15, 0.2) is 0 Å². The smallest absolute Gasteiger partial charge is 0.222 e. The predicted molar refractivity (Wildman–Crippen MR) is 74.2 cm³/mol. The largest absolute Gasteiger partial charge is 0.339 e. The molecule has 0 bridgehead atoms. The SMILES string of the molecule is CC(N)CCC(=O)N(CC1CCCCC1)C1CC1. The zero-order valence-electron chi connectivity index (χ0n) is 11.7. The fourth-order valence-electron chi connectivity index (χ4n) is 2.98. The molecule has 0 aromatic heterocycles. The molecule has 0 aromatic rings. The Morgan fingerprint density at radius 1 is 1.22 bits per heavy atom. The van der Waals surface area contributed by atoms with Crippen molar-refractivity contribution in [3.63, 3.8) is 0 Å². The summed E-state index contributed by atoms with van der Waals surface area (Å²) in [5, 5.41) is 0. The van der Waals surface area contributed by atoms with Crippen LogP contribution in [0.1, 0.15) is 64.7 Å². The molecule has 1 amide bonds. The van der Waals surface area contributed by atoms with E-state index in [0.29, 0.717) is 18.4 Å². The van der Waals surface area contributed by atoms with Gasteiger partial charge in [0.05, 0.1) is 0 Å². The second kappa shape index (κ2) is 6.55. The molecule has 1 atom stereocenters. The van der Waals surface area contributed by atoms with Crippen molar-refractivity contribution in [1.82, 2.24) is 4.90 Å². The van der Waals surface area contributed by atoms with Crippen LogP contribution < -0.4 is 5.73 Å². The Bertz CT molecular complexity index is 268. The van der Waals surface area contributed by atoms with Gasteiger partial charge in [0.25, 0.3) is 0 Å². The lowest BCUT2D eigenvalue weighted by atomic mass is 9.89. The molecule has 0 saturated heterocycles. The Labute approximate surface area is 111 Å². The average Bonchev–Trinajstić information content (AvgIpc) is 3.18. The van der Waals surface area contributed by atoms with Gasteiger partial charge in [-0.15, -0.1) is 0 Å². The Balaban J connectivity index is 1.81. The van der Waals surface area contributed by atoms with Crippen molar-refractivity contribution < 1.29 is 4.79 Å². The van der Waals surface area contributed by atoms with Crippen LogP contribution in [0.3, 0.4) is 0 Å². The van der Waals surface area contributed by atoms with E-state index < -0.39 is 0 Å².